The van der Waals surface area contributed by atoms with Crippen LogP contribution < -0.4 is 5.32 Å². The minimum Gasteiger partial charge on any atom is -0.467 e. The number of amides is 2. The standard InChI is InChI=1S/C20H20N2O3S2/c1-25-19(23)18(15-7-3-2-4-8-15)21-20(24)22(13-16-9-5-11-26-16)14-17-10-6-12-27-17/h2-12,18H,13-14H2,1H3,(H,21,24)/t18-/m1/s1. The van der Waals surface area contributed by atoms with Crippen molar-refractivity contribution < 1.29 is 14.3 Å². The lowest BCUT2D eigenvalue weighted by atomic mass is 10.1. The van der Waals surface area contributed by atoms with Crippen LogP contribution in [-0.2, 0) is 22.6 Å². The number of benzene rings is 1. The van der Waals surface area contributed by atoms with E-state index in [1.165, 1.54) is 7.11 Å². The number of esters is 1. The van der Waals surface area contributed by atoms with Gasteiger partial charge in [0.05, 0.1) is 20.2 Å². The fraction of sp³-hybridized carbons (Fsp3) is 0.200. The summed E-state index contributed by atoms with van der Waals surface area (Å²) >= 11 is 3.19. The van der Waals surface area contributed by atoms with E-state index in [1.54, 1.807) is 39.7 Å². The molecule has 0 radical (unpaired) electrons. The molecule has 1 aromatic carbocycles. The van der Waals surface area contributed by atoms with Crippen molar-refractivity contribution in [1.29, 1.82) is 0 Å². The highest BCUT2D eigenvalue weighted by atomic mass is 32.1. The first kappa shape index (κ1) is 19.1. The van der Waals surface area contributed by atoms with Crippen LogP contribution in [0.3, 0.4) is 0 Å². The van der Waals surface area contributed by atoms with E-state index in [0.29, 0.717) is 18.7 Å². The van der Waals surface area contributed by atoms with E-state index in [-0.39, 0.29) is 6.03 Å². The van der Waals surface area contributed by atoms with Gasteiger partial charge in [-0.2, -0.15) is 0 Å². The van der Waals surface area contributed by atoms with Gasteiger partial charge in [-0.05, 0) is 28.5 Å². The van der Waals surface area contributed by atoms with Crippen molar-refractivity contribution in [2.24, 2.45) is 0 Å². The first-order valence-corrected chi connectivity index (χ1v) is 10.2. The number of nitrogens with zero attached hydrogens (tertiary/aromatic N) is 1. The molecule has 27 heavy (non-hydrogen) atoms. The third kappa shape index (κ3) is 5.18. The number of rotatable bonds is 7. The van der Waals surface area contributed by atoms with E-state index < -0.39 is 12.0 Å². The number of methoxy groups -OCH3 is 1. The van der Waals surface area contributed by atoms with Crippen LogP contribution in [0, 0.1) is 0 Å². The van der Waals surface area contributed by atoms with Gasteiger partial charge in [-0.15, -0.1) is 22.7 Å². The summed E-state index contributed by atoms with van der Waals surface area (Å²) in [7, 11) is 1.32. The van der Waals surface area contributed by atoms with Gasteiger partial charge < -0.3 is 15.0 Å². The number of ether oxygens (including phenoxy) is 1. The SMILES string of the molecule is COC(=O)[C@H](NC(=O)N(Cc1cccs1)Cc1cccs1)c1ccccc1. The lowest BCUT2D eigenvalue weighted by Gasteiger charge is -2.25. The maximum atomic E-state index is 13.0. The smallest absolute Gasteiger partial charge is 0.333 e. The van der Waals surface area contributed by atoms with Crippen LogP contribution in [0.15, 0.2) is 65.4 Å². The Bertz CT molecular complexity index is 813. The van der Waals surface area contributed by atoms with Crippen molar-refractivity contribution >= 4 is 34.7 Å². The van der Waals surface area contributed by atoms with Crippen LogP contribution in [0.4, 0.5) is 4.79 Å². The first-order valence-electron chi connectivity index (χ1n) is 8.40. The van der Waals surface area contributed by atoms with Gasteiger partial charge in [-0.3, -0.25) is 0 Å². The Morgan fingerprint density at radius 1 is 0.963 bits per heavy atom. The van der Waals surface area contributed by atoms with Gasteiger partial charge in [-0.25, -0.2) is 9.59 Å². The molecule has 1 N–H and O–H groups in total. The molecule has 0 fully saturated rings. The van der Waals surface area contributed by atoms with E-state index in [0.717, 1.165) is 9.75 Å². The molecule has 140 valence electrons. The molecule has 3 aromatic rings. The average Bonchev–Trinajstić information content (AvgIpc) is 3.39. The zero-order valence-electron chi connectivity index (χ0n) is 14.8. The Kier molecular flexibility index (Phi) is 6.62. The summed E-state index contributed by atoms with van der Waals surface area (Å²) in [4.78, 5) is 29.1. The van der Waals surface area contributed by atoms with Gasteiger partial charge in [0.1, 0.15) is 0 Å². The van der Waals surface area contributed by atoms with Crippen molar-refractivity contribution in [3.05, 3.63) is 80.7 Å². The Balaban J connectivity index is 1.79. The summed E-state index contributed by atoms with van der Waals surface area (Å²) < 4.78 is 4.89. The number of nitrogens with one attached hydrogen (secondary N) is 1. The van der Waals surface area contributed by atoms with E-state index in [2.05, 4.69) is 5.32 Å². The number of thiophene rings is 2. The molecule has 0 saturated heterocycles. The van der Waals surface area contributed by atoms with E-state index in [4.69, 9.17) is 4.74 Å². The van der Waals surface area contributed by atoms with Crippen LogP contribution in [0.1, 0.15) is 21.4 Å². The molecule has 0 aliphatic heterocycles. The Labute approximate surface area is 166 Å². The summed E-state index contributed by atoms with van der Waals surface area (Å²) in [5.74, 6) is -0.498. The number of carbonyl (C=O) groups excluding carboxylic acids is 2. The predicted molar refractivity (Wildman–Crippen MR) is 108 cm³/mol. The average molecular weight is 401 g/mol. The molecule has 0 spiro atoms. The van der Waals surface area contributed by atoms with Crippen molar-refractivity contribution in [1.82, 2.24) is 10.2 Å². The zero-order chi connectivity index (χ0) is 19.1. The normalized spacial score (nSPS) is 11.6. The van der Waals surface area contributed by atoms with Gasteiger partial charge >= 0.3 is 12.0 Å². The molecule has 7 heteroatoms. The monoisotopic (exact) mass is 400 g/mol. The molecule has 2 amide bonds. The lowest BCUT2D eigenvalue weighted by Crippen LogP contribution is -2.43. The molecular formula is C20H20N2O3S2. The molecule has 0 unspecified atom stereocenters. The van der Waals surface area contributed by atoms with E-state index in [1.807, 2.05) is 53.2 Å². The summed E-state index contributed by atoms with van der Waals surface area (Å²) in [6, 6.07) is 15.9. The highest BCUT2D eigenvalue weighted by molar-refractivity contribution is 7.10. The van der Waals surface area contributed by atoms with Gasteiger partial charge in [0.2, 0.25) is 0 Å². The van der Waals surface area contributed by atoms with Gasteiger partial charge in [0.25, 0.3) is 0 Å². The summed E-state index contributed by atoms with van der Waals surface area (Å²) in [6.45, 7) is 0.953. The second-order valence-corrected chi connectivity index (χ2v) is 7.90. The largest absolute Gasteiger partial charge is 0.467 e. The topological polar surface area (TPSA) is 58.6 Å². The highest BCUT2D eigenvalue weighted by Crippen LogP contribution is 2.19. The van der Waals surface area contributed by atoms with E-state index >= 15 is 0 Å². The molecule has 2 aromatic heterocycles. The molecule has 3 rings (SSSR count). The van der Waals surface area contributed by atoms with Gasteiger partial charge in [0, 0.05) is 9.75 Å². The number of hydrogen-bond acceptors (Lipinski definition) is 5. The zero-order valence-corrected chi connectivity index (χ0v) is 16.5. The van der Waals surface area contributed by atoms with Crippen LogP contribution >= 0.6 is 22.7 Å². The Morgan fingerprint density at radius 2 is 1.56 bits per heavy atom. The van der Waals surface area contributed by atoms with E-state index in [9.17, 15) is 9.59 Å². The van der Waals surface area contributed by atoms with Crippen LogP contribution in [0.5, 0.6) is 0 Å². The van der Waals surface area contributed by atoms with Crippen molar-refractivity contribution in [3.8, 4) is 0 Å². The molecule has 0 aliphatic carbocycles. The van der Waals surface area contributed by atoms with Crippen LogP contribution in [0.25, 0.3) is 0 Å². The van der Waals surface area contributed by atoms with Gasteiger partial charge in [0.15, 0.2) is 6.04 Å². The summed E-state index contributed by atoms with van der Waals surface area (Å²) in [5.41, 5.74) is 0.685. The minimum absolute atomic E-state index is 0.309. The maximum absolute atomic E-state index is 13.0. The molecule has 0 aliphatic rings. The number of carbonyl (C=O) groups is 2. The minimum atomic E-state index is -0.849. The number of hydrogen-bond donors (Lipinski definition) is 1. The third-order valence-corrected chi connectivity index (χ3v) is 5.70. The maximum Gasteiger partial charge on any atom is 0.333 e. The molecule has 5 nitrogen and oxygen atoms in total. The fourth-order valence-electron chi connectivity index (χ4n) is 2.64. The third-order valence-electron chi connectivity index (χ3n) is 3.98. The highest BCUT2D eigenvalue weighted by Gasteiger charge is 2.26. The summed E-state index contributed by atoms with van der Waals surface area (Å²) in [6.07, 6.45) is 0. The Hall–Kier alpha value is -2.64. The first-order chi connectivity index (χ1) is 13.2. The second-order valence-electron chi connectivity index (χ2n) is 5.83. The quantitative estimate of drug-likeness (QED) is 0.597. The molecular weight excluding hydrogens is 380 g/mol. The van der Waals surface area contributed by atoms with Crippen LogP contribution in [0.2, 0.25) is 0 Å². The summed E-state index contributed by atoms with van der Waals surface area (Å²) in [5, 5.41) is 6.80. The van der Waals surface area contributed by atoms with Crippen molar-refractivity contribution in [3.63, 3.8) is 0 Å². The number of urea groups is 1. The second kappa shape index (κ2) is 9.34. The Morgan fingerprint density at radius 3 is 2.04 bits per heavy atom. The van der Waals surface area contributed by atoms with Gasteiger partial charge in [-0.1, -0.05) is 42.5 Å². The van der Waals surface area contributed by atoms with Crippen LogP contribution in [-0.4, -0.2) is 24.0 Å². The lowest BCUT2D eigenvalue weighted by molar-refractivity contribution is -0.143. The molecule has 0 saturated carbocycles. The molecule has 1 atom stereocenters. The fourth-order valence-corrected chi connectivity index (χ4v) is 4.08. The van der Waals surface area contributed by atoms with Crippen molar-refractivity contribution in [2.45, 2.75) is 19.1 Å². The molecule has 0 bridgehead atoms. The predicted octanol–water partition coefficient (Wildman–Crippen LogP) is 4.44. The molecule has 2 heterocycles. The van der Waals surface area contributed by atoms with Crippen molar-refractivity contribution in [2.75, 3.05) is 7.11 Å².